The van der Waals surface area contributed by atoms with Gasteiger partial charge in [0.2, 0.25) is 6.36 Å². The van der Waals surface area contributed by atoms with E-state index in [1.165, 1.54) is 0 Å². The first-order valence-corrected chi connectivity index (χ1v) is 7.65. The molecule has 2 fully saturated rings. The number of ether oxygens (including phenoxy) is 1. The first-order valence-electron chi connectivity index (χ1n) is 6.50. The molecule has 0 saturated carbocycles. The van der Waals surface area contributed by atoms with Gasteiger partial charge >= 0.3 is 0 Å². The maximum Gasteiger partial charge on any atom is 0.219 e. The predicted octanol–water partition coefficient (Wildman–Crippen LogP) is 1.10. The van der Waals surface area contributed by atoms with Crippen LogP contribution < -0.4 is 10.0 Å². The fraction of sp³-hybridized carbons (Fsp3) is 1.00. The van der Waals surface area contributed by atoms with E-state index in [0.717, 1.165) is 25.9 Å². The molecule has 2 heterocycles. The molecule has 0 amide bonds. The van der Waals surface area contributed by atoms with E-state index in [9.17, 15) is 8.94 Å². The number of nitrogens with one attached hydrogen (secondary N) is 2. The molecule has 18 heavy (non-hydrogen) atoms. The molecule has 1 spiro atoms. The minimum absolute atomic E-state index is 0.203. The molecule has 2 saturated heterocycles. The highest BCUT2D eigenvalue weighted by atomic mass is 32.2. The molecule has 106 valence electrons. The normalized spacial score (nSPS) is 33.8. The van der Waals surface area contributed by atoms with Crippen molar-refractivity contribution < 1.29 is 13.7 Å². The SMILES string of the molecule is CC(C)(C)[S@@+]([O-])N[C@@H]1[C@@H](F)OCC12CCNCC2. The molecule has 3 atom stereocenters. The van der Waals surface area contributed by atoms with Crippen LogP contribution in [-0.2, 0) is 16.1 Å². The van der Waals surface area contributed by atoms with E-state index < -0.39 is 28.5 Å². The molecule has 0 aromatic rings. The zero-order valence-corrected chi connectivity index (χ0v) is 12.1. The van der Waals surface area contributed by atoms with Gasteiger partial charge in [0.15, 0.2) is 0 Å². The number of rotatable bonds is 2. The lowest BCUT2D eigenvalue weighted by Crippen LogP contribution is -2.56. The Kier molecular flexibility index (Phi) is 4.23. The molecule has 2 N–H and O–H groups in total. The molecule has 0 unspecified atom stereocenters. The molecule has 0 aliphatic carbocycles. The summed E-state index contributed by atoms with van der Waals surface area (Å²) in [4.78, 5) is 0. The van der Waals surface area contributed by atoms with Gasteiger partial charge in [-0.25, -0.2) is 4.39 Å². The second kappa shape index (κ2) is 5.25. The largest absolute Gasteiger partial charge is 0.598 e. The molecule has 2 rings (SSSR count). The van der Waals surface area contributed by atoms with Gasteiger partial charge in [-0.3, -0.25) is 0 Å². The molecule has 2 aliphatic rings. The fourth-order valence-electron chi connectivity index (χ4n) is 2.56. The average molecular weight is 278 g/mol. The lowest BCUT2D eigenvalue weighted by Gasteiger charge is -2.38. The molecule has 0 radical (unpaired) electrons. The number of hydrogen-bond donors (Lipinski definition) is 2. The smallest absolute Gasteiger partial charge is 0.219 e. The number of halogens is 1. The van der Waals surface area contributed by atoms with Gasteiger partial charge in [0, 0.05) is 16.8 Å². The second-order valence-electron chi connectivity index (χ2n) is 6.25. The first kappa shape index (κ1) is 14.5. The van der Waals surface area contributed by atoms with Gasteiger partial charge in [0.05, 0.1) is 6.61 Å². The summed E-state index contributed by atoms with van der Waals surface area (Å²) in [6, 6.07) is -0.459. The maximum absolute atomic E-state index is 13.9. The van der Waals surface area contributed by atoms with Gasteiger partial charge in [0.25, 0.3) is 0 Å². The van der Waals surface area contributed by atoms with Gasteiger partial charge < -0.3 is 14.6 Å². The first-order chi connectivity index (χ1) is 8.35. The van der Waals surface area contributed by atoms with Crippen LogP contribution in [0.2, 0.25) is 0 Å². The van der Waals surface area contributed by atoms with Crippen LogP contribution in [0.3, 0.4) is 0 Å². The third-order valence-corrected chi connectivity index (χ3v) is 5.42. The minimum Gasteiger partial charge on any atom is -0.598 e. The third-order valence-electron chi connectivity index (χ3n) is 3.84. The van der Waals surface area contributed by atoms with E-state index in [0.29, 0.717) is 6.61 Å². The Morgan fingerprint density at radius 2 is 2.00 bits per heavy atom. The van der Waals surface area contributed by atoms with Crippen LogP contribution in [0.4, 0.5) is 4.39 Å². The lowest BCUT2D eigenvalue weighted by atomic mass is 9.75. The Hall–Kier alpha value is 0.120. The van der Waals surface area contributed by atoms with E-state index in [1.54, 1.807) is 0 Å². The summed E-state index contributed by atoms with van der Waals surface area (Å²) in [5, 5.41) is 3.27. The molecule has 0 bridgehead atoms. The van der Waals surface area contributed by atoms with Crippen LogP contribution in [0.5, 0.6) is 0 Å². The highest BCUT2D eigenvalue weighted by molar-refractivity contribution is 7.90. The summed E-state index contributed by atoms with van der Waals surface area (Å²) in [7, 11) is 0. The lowest BCUT2D eigenvalue weighted by molar-refractivity contribution is -0.00202. The van der Waals surface area contributed by atoms with Gasteiger partial charge in [-0.1, -0.05) is 0 Å². The summed E-state index contributed by atoms with van der Waals surface area (Å²) >= 11 is -1.27. The Morgan fingerprint density at radius 1 is 1.39 bits per heavy atom. The standard InChI is InChI=1S/C12H23FN2O2S/c1-11(2,3)18(16)15-9-10(13)17-8-12(9)4-6-14-7-5-12/h9-10,14-15H,4-8H2,1-3H3/t9-,10+,18-/m1/s1. The van der Waals surface area contributed by atoms with Crippen LogP contribution in [0.25, 0.3) is 0 Å². The number of piperidine rings is 1. The maximum atomic E-state index is 13.9. The quantitative estimate of drug-likeness (QED) is 0.743. The van der Waals surface area contributed by atoms with Gasteiger partial charge in [-0.05, 0) is 46.7 Å². The van der Waals surface area contributed by atoms with Gasteiger partial charge in [-0.15, -0.1) is 4.72 Å². The van der Waals surface area contributed by atoms with E-state index >= 15 is 0 Å². The zero-order valence-electron chi connectivity index (χ0n) is 11.3. The molecule has 0 aromatic carbocycles. The third kappa shape index (κ3) is 2.82. The molecule has 6 heteroatoms. The van der Waals surface area contributed by atoms with Crippen molar-refractivity contribution in [3.8, 4) is 0 Å². The summed E-state index contributed by atoms with van der Waals surface area (Å²) in [6.07, 6.45) is 0.383. The van der Waals surface area contributed by atoms with E-state index in [-0.39, 0.29) is 5.41 Å². The monoisotopic (exact) mass is 278 g/mol. The highest BCUT2D eigenvalue weighted by Gasteiger charge is 2.53. The van der Waals surface area contributed by atoms with Crippen molar-refractivity contribution in [1.29, 1.82) is 0 Å². The molecular formula is C12H23FN2O2S. The number of hydrogen-bond acceptors (Lipinski definition) is 4. The minimum atomic E-state index is -1.35. The zero-order chi connectivity index (χ0) is 13.4. The van der Waals surface area contributed by atoms with Crippen LogP contribution >= 0.6 is 0 Å². The van der Waals surface area contributed by atoms with Crippen LogP contribution in [0.1, 0.15) is 33.6 Å². The second-order valence-corrected chi connectivity index (χ2v) is 8.25. The summed E-state index contributed by atoms with van der Waals surface area (Å²) in [5.74, 6) is 0. The Bertz CT molecular complexity index is 287. The van der Waals surface area contributed by atoms with Crippen molar-refractivity contribution in [3.63, 3.8) is 0 Å². The molecular weight excluding hydrogens is 255 g/mol. The topological polar surface area (TPSA) is 56.3 Å². The fourth-order valence-corrected chi connectivity index (χ4v) is 3.50. The number of alkyl halides is 1. The van der Waals surface area contributed by atoms with E-state index in [4.69, 9.17) is 4.74 Å². The van der Waals surface area contributed by atoms with Crippen molar-refractivity contribution in [2.24, 2.45) is 5.41 Å². The Morgan fingerprint density at radius 3 is 2.56 bits per heavy atom. The summed E-state index contributed by atoms with van der Waals surface area (Å²) in [5.41, 5.74) is -0.203. The molecule has 2 aliphatic heterocycles. The van der Waals surface area contributed by atoms with Gasteiger partial charge in [-0.2, -0.15) is 0 Å². The Labute approximate surface area is 111 Å². The highest BCUT2D eigenvalue weighted by Crippen LogP contribution is 2.41. The van der Waals surface area contributed by atoms with Gasteiger partial charge in [0.1, 0.15) is 10.8 Å². The predicted molar refractivity (Wildman–Crippen MR) is 70.2 cm³/mol. The van der Waals surface area contributed by atoms with Crippen molar-refractivity contribution >= 4 is 11.4 Å². The van der Waals surface area contributed by atoms with Crippen molar-refractivity contribution in [2.75, 3.05) is 19.7 Å². The van der Waals surface area contributed by atoms with Crippen molar-refractivity contribution in [1.82, 2.24) is 10.0 Å². The van der Waals surface area contributed by atoms with E-state index in [2.05, 4.69) is 10.0 Å². The van der Waals surface area contributed by atoms with Crippen molar-refractivity contribution in [3.05, 3.63) is 0 Å². The molecule has 0 aromatic heterocycles. The van der Waals surface area contributed by atoms with Crippen LogP contribution in [0, 0.1) is 5.41 Å². The van der Waals surface area contributed by atoms with Crippen LogP contribution in [-0.4, -0.2) is 41.4 Å². The average Bonchev–Trinajstić information content (AvgIpc) is 2.58. The van der Waals surface area contributed by atoms with Crippen LogP contribution in [0.15, 0.2) is 0 Å². The Balaban J connectivity index is 2.08. The van der Waals surface area contributed by atoms with E-state index in [1.807, 2.05) is 20.8 Å². The summed E-state index contributed by atoms with van der Waals surface area (Å²) < 4.78 is 33.8. The summed E-state index contributed by atoms with van der Waals surface area (Å²) in [6.45, 7) is 7.82. The molecule has 4 nitrogen and oxygen atoms in total. The van der Waals surface area contributed by atoms with Crippen molar-refractivity contribution in [2.45, 2.75) is 50.8 Å².